The summed E-state index contributed by atoms with van der Waals surface area (Å²) in [5.74, 6) is 6.70. The molecule has 0 aliphatic carbocycles. The zero-order valence-corrected chi connectivity index (χ0v) is 26.4. The molecule has 0 unspecified atom stereocenters. The number of nitrogens with one attached hydrogen (secondary N) is 2. The van der Waals surface area contributed by atoms with Crippen molar-refractivity contribution in [2.75, 3.05) is 63.9 Å². The summed E-state index contributed by atoms with van der Waals surface area (Å²) < 4.78 is 68.1. The van der Waals surface area contributed by atoms with E-state index in [9.17, 15) is 13.2 Å². The standard InChI is InChI=1S/C32H38F4N3O2PS/c1-40-29-18-22(42(2)3)9-10-27(29)37-14-5-8-30-24(19-32(34,35)36)23-6-4-7-28(31(23)43-30)38-26-11-15-39(20-25(26)33)21-12-16-41-17-13-21/h4,6-7,9-10,18,21,25-26,37-38H,11-17,19-20H2,1-3H3/t25-,26+/m1/s1. The van der Waals surface area contributed by atoms with Gasteiger partial charge in [0.05, 0.1) is 47.1 Å². The third-order valence-corrected chi connectivity index (χ3v) is 10.6. The quantitative estimate of drug-likeness (QED) is 0.161. The van der Waals surface area contributed by atoms with Gasteiger partial charge in [-0.15, -0.1) is 11.3 Å². The van der Waals surface area contributed by atoms with Gasteiger partial charge in [-0.1, -0.05) is 38.0 Å². The fraction of sp³-hybridized carbons (Fsp3) is 0.500. The van der Waals surface area contributed by atoms with Crippen LogP contribution in [0.15, 0.2) is 36.4 Å². The van der Waals surface area contributed by atoms with Crippen molar-refractivity contribution in [2.45, 2.75) is 50.1 Å². The lowest BCUT2D eigenvalue weighted by Gasteiger charge is -2.41. The van der Waals surface area contributed by atoms with Gasteiger partial charge in [0.15, 0.2) is 0 Å². The number of hydrogen-bond donors (Lipinski definition) is 2. The first kappa shape index (κ1) is 31.8. The molecule has 43 heavy (non-hydrogen) atoms. The first-order chi connectivity index (χ1) is 20.6. The van der Waals surface area contributed by atoms with E-state index in [4.69, 9.17) is 9.47 Å². The van der Waals surface area contributed by atoms with Gasteiger partial charge in [-0.25, -0.2) is 4.39 Å². The van der Waals surface area contributed by atoms with Crippen molar-refractivity contribution in [3.8, 4) is 17.6 Å². The van der Waals surface area contributed by atoms with E-state index in [0.717, 1.165) is 25.1 Å². The Morgan fingerprint density at radius 3 is 2.60 bits per heavy atom. The highest BCUT2D eigenvalue weighted by Gasteiger charge is 2.34. The Labute approximate surface area is 256 Å². The number of fused-ring (bicyclic) bond motifs is 1. The van der Waals surface area contributed by atoms with Gasteiger partial charge in [-0.3, -0.25) is 4.90 Å². The van der Waals surface area contributed by atoms with Crippen LogP contribution in [0.3, 0.4) is 0 Å². The summed E-state index contributed by atoms with van der Waals surface area (Å²) >= 11 is 1.23. The number of alkyl halides is 4. The Morgan fingerprint density at radius 1 is 1.12 bits per heavy atom. The summed E-state index contributed by atoms with van der Waals surface area (Å²) in [6.45, 7) is 7.11. The number of rotatable bonds is 8. The van der Waals surface area contributed by atoms with E-state index in [2.05, 4.69) is 40.7 Å². The van der Waals surface area contributed by atoms with Gasteiger partial charge in [-0.05, 0) is 67.0 Å². The van der Waals surface area contributed by atoms with Crippen LogP contribution in [-0.4, -0.2) is 82.6 Å². The van der Waals surface area contributed by atoms with Gasteiger partial charge in [0.1, 0.15) is 11.9 Å². The third-order valence-electron chi connectivity index (χ3n) is 8.09. The number of ether oxygens (including phenoxy) is 2. The minimum Gasteiger partial charge on any atom is -0.495 e. The topological polar surface area (TPSA) is 45.8 Å². The molecule has 2 aromatic carbocycles. The van der Waals surface area contributed by atoms with E-state index in [0.29, 0.717) is 58.6 Å². The molecule has 2 fully saturated rings. The summed E-state index contributed by atoms with van der Waals surface area (Å²) in [6, 6.07) is 11.2. The lowest BCUT2D eigenvalue weighted by molar-refractivity contribution is -0.126. The highest BCUT2D eigenvalue weighted by molar-refractivity contribution is 7.64. The fourth-order valence-corrected chi connectivity index (χ4v) is 7.72. The second kappa shape index (κ2) is 14.0. The van der Waals surface area contributed by atoms with Crippen molar-refractivity contribution < 1.29 is 27.0 Å². The smallest absolute Gasteiger partial charge is 0.393 e. The number of anilines is 2. The number of halogens is 4. The Kier molecular flexibility index (Phi) is 10.4. The van der Waals surface area contributed by atoms with Crippen molar-refractivity contribution in [3.63, 3.8) is 0 Å². The average Bonchev–Trinajstić information content (AvgIpc) is 3.33. The molecule has 2 atom stereocenters. The minimum absolute atomic E-state index is 0.163. The van der Waals surface area contributed by atoms with Gasteiger partial charge < -0.3 is 20.1 Å². The Balaban J connectivity index is 1.34. The van der Waals surface area contributed by atoms with E-state index >= 15 is 4.39 Å². The van der Waals surface area contributed by atoms with E-state index < -0.39 is 24.8 Å². The summed E-state index contributed by atoms with van der Waals surface area (Å²) in [5, 5.41) is 8.28. The zero-order valence-electron chi connectivity index (χ0n) is 24.7. The molecule has 5 rings (SSSR count). The van der Waals surface area contributed by atoms with Crippen LogP contribution in [0, 0.1) is 11.8 Å². The molecule has 1 aromatic heterocycles. The highest BCUT2D eigenvalue weighted by atomic mass is 32.1. The minimum atomic E-state index is -4.39. The first-order valence-electron chi connectivity index (χ1n) is 14.5. The fourth-order valence-electron chi connectivity index (χ4n) is 5.80. The van der Waals surface area contributed by atoms with Crippen molar-refractivity contribution >= 4 is 46.0 Å². The zero-order chi connectivity index (χ0) is 30.6. The van der Waals surface area contributed by atoms with Crippen molar-refractivity contribution in [2.24, 2.45) is 0 Å². The van der Waals surface area contributed by atoms with Crippen LogP contribution >= 0.6 is 19.3 Å². The van der Waals surface area contributed by atoms with Crippen LogP contribution in [0.4, 0.5) is 28.9 Å². The van der Waals surface area contributed by atoms with Crippen LogP contribution in [0.25, 0.3) is 10.1 Å². The van der Waals surface area contributed by atoms with Crippen LogP contribution in [0.5, 0.6) is 5.75 Å². The molecule has 2 saturated heterocycles. The van der Waals surface area contributed by atoms with Crippen LogP contribution in [0.2, 0.25) is 0 Å². The number of piperidine rings is 1. The van der Waals surface area contributed by atoms with Gasteiger partial charge in [0.2, 0.25) is 0 Å². The Bertz CT molecular complexity index is 1460. The third kappa shape index (κ3) is 7.94. The number of thiophene rings is 1. The van der Waals surface area contributed by atoms with Crippen LogP contribution < -0.4 is 20.7 Å². The second-order valence-electron chi connectivity index (χ2n) is 11.2. The largest absolute Gasteiger partial charge is 0.495 e. The molecule has 2 N–H and O–H groups in total. The number of nitrogens with zero attached hydrogens (tertiary/aromatic N) is 1. The van der Waals surface area contributed by atoms with Crippen LogP contribution in [-0.2, 0) is 11.2 Å². The molecule has 0 spiro atoms. The SMILES string of the molecule is COc1cc(P(C)C)ccc1NCC#Cc1sc2c(N[C@H]3CCN(C4CCOCC4)C[C@H]3F)cccc2c1CC(F)(F)F. The molecule has 0 radical (unpaired) electrons. The molecule has 0 saturated carbocycles. The number of hydrogen-bond acceptors (Lipinski definition) is 6. The van der Waals surface area contributed by atoms with E-state index in [1.807, 2.05) is 24.3 Å². The first-order valence-corrected chi connectivity index (χ1v) is 17.6. The lowest BCUT2D eigenvalue weighted by Crippen LogP contribution is -2.52. The summed E-state index contributed by atoms with van der Waals surface area (Å²) in [4.78, 5) is 2.59. The molecule has 11 heteroatoms. The van der Waals surface area contributed by atoms with Crippen LogP contribution in [0.1, 0.15) is 29.7 Å². The normalized spacial score (nSPS) is 20.2. The molecule has 0 bridgehead atoms. The molecular weight excluding hydrogens is 597 g/mol. The summed E-state index contributed by atoms with van der Waals surface area (Å²) in [6.07, 6.45) is -4.09. The van der Waals surface area contributed by atoms with Crippen molar-refractivity contribution in [3.05, 3.63) is 46.8 Å². The number of methoxy groups -OCH3 is 1. The lowest BCUT2D eigenvalue weighted by atomic mass is 9.98. The monoisotopic (exact) mass is 635 g/mol. The molecular formula is C32H38F4N3O2PS. The second-order valence-corrected chi connectivity index (χ2v) is 14.5. The van der Waals surface area contributed by atoms with Gasteiger partial charge in [0.25, 0.3) is 0 Å². The molecule has 2 aliphatic heterocycles. The average molecular weight is 636 g/mol. The number of likely N-dealkylation sites (tertiary alicyclic amines) is 1. The molecule has 5 nitrogen and oxygen atoms in total. The summed E-state index contributed by atoms with van der Waals surface area (Å²) in [7, 11) is 1.33. The molecule has 232 valence electrons. The molecule has 0 amide bonds. The maximum Gasteiger partial charge on any atom is 0.393 e. The summed E-state index contributed by atoms with van der Waals surface area (Å²) in [5.41, 5.74) is 1.59. The number of benzene rings is 2. The van der Waals surface area contributed by atoms with E-state index in [1.165, 1.54) is 16.6 Å². The van der Waals surface area contributed by atoms with Gasteiger partial charge in [0, 0.05) is 32.3 Å². The van der Waals surface area contributed by atoms with E-state index in [1.54, 1.807) is 19.2 Å². The predicted molar refractivity (Wildman–Crippen MR) is 171 cm³/mol. The highest BCUT2D eigenvalue weighted by Crippen LogP contribution is 2.40. The van der Waals surface area contributed by atoms with Crippen molar-refractivity contribution in [1.29, 1.82) is 0 Å². The van der Waals surface area contributed by atoms with Gasteiger partial charge in [-0.2, -0.15) is 13.2 Å². The Morgan fingerprint density at radius 2 is 1.91 bits per heavy atom. The van der Waals surface area contributed by atoms with Gasteiger partial charge >= 0.3 is 6.18 Å². The Hall–Kier alpha value is -2.57. The molecule has 3 aromatic rings. The maximum absolute atomic E-state index is 15.4. The van der Waals surface area contributed by atoms with E-state index in [-0.39, 0.29) is 20.0 Å². The van der Waals surface area contributed by atoms with Crippen molar-refractivity contribution in [1.82, 2.24) is 4.90 Å². The molecule has 2 aliphatic rings. The predicted octanol–water partition coefficient (Wildman–Crippen LogP) is 6.85. The maximum atomic E-state index is 15.4. The molecule has 3 heterocycles.